The molecule has 0 radical (unpaired) electrons. The van der Waals surface area contributed by atoms with E-state index in [1.807, 2.05) is 11.8 Å². The third kappa shape index (κ3) is 4.28. The average Bonchev–Trinajstić information content (AvgIpc) is 2.27. The van der Waals surface area contributed by atoms with Crippen molar-refractivity contribution < 1.29 is 19.8 Å². The topological polar surface area (TPSA) is 98.7 Å². The van der Waals surface area contributed by atoms with Crippen molar-refractivity contribution in [2.75, 3.05) is 18.1 Å². The molecule has 92 valence electrons. The zero-order chi connectivity index (χ0) is 12.0. The number of carbonyl (C=O) groups excluding carboxylic acids is 1. The van der Waals surface area contributed by atoms with Gasteiger partial charge in [0.05, 0.1) is 6.61 Å². The number of aliphatic hydroxyl groups excluding tert-OH is 1. The molecular formula is C9H16N2O4S. The lowest BCUT2D eigenvalue weighted by molar-refractivity contribution is -0.140. The van der Waals surface area contributed by atoms with Gasteiger partial charge in [-0.05, 0) is 24.3 Å². The van der Waals surface area contributed by atoms with Crippen molar-refractivity contribution in [3.8, 4) is 0 Å². The van der Waals surface area contributed by atoms with Crippen LogP contribution in [0.25, 0.3) is 0 Å². The Morgan fingerprint density at radius 2 is 2.00 bits per heavy atom. The maximum atomic E-state index is 11.4. The summed E-state index contributed by atoms with van der Waals surface area (Å²) in [6.45, 7) is -0.608. The van der Waals surface area contributed by atoms with E-state index in [9.17, 15) is 9.59 Å². The van der Waals surface area contributed by atoms with E-state index in [0.29, 0.717) is 0 Å². The molecule has 1 heterocycles. The molecular weight excluding hydrogens is 232 g/mol. The number of carboxylic acids is 1. The van der Waals surface area contributed by atoms with Crippen LogP contribution in [0.3, 0.4) is 0 Å². The third-order valence-corrected chi connectivity index (χ3v) is 3.39. The van der Waals surface area contributed by atoms with Crippen molar-refractivity contribution in [3.63, 3.8) is 0 Å². The zero-order valence-corrected chi connectivity index (χ0v) is 9.63. The van der Waals surface area contributed by atoms with Gasteiger partial charge in [0.25, 0.3) is 0 Å². The molecule has 1 atom stereocenters. The molecule has 0 aliphatic carbocycles. The van der Waals surface area contributed by atoms with Gasteiger partial charge in [-0.15, -0.1) is 0 Å². The first-order valence-electron chi connectivity index (χ1n) is 5.12. The van der Waals surface area contributed by atoms with E-state index in [4.69, 9.17) is 10.2 Å². The number of aliphatic carboxylic acids is 1. The number of urea groups is 1. The van der Waals surface area contributed by atoms with Crippen LogP contribution in [0, 0.1) is 0 Å². The molecule has 1 aliphatic rings. The highest BCUT2D eigenvalue weighted by molar-refractivity contribution is 7.99. The van der Waals surface area contributed by atoms with Crippen molar-refractivity contribution in [3.05, 3.63) is 0 Å². The van der Waals surface area contributed by atoms with Gasteiger partial charge in [-0.2, -0.15) is 11.8 Å². The molecule has 0 spiro atoms. The summed E-state index contributed by atoms with van der Waals surface area (Å²) in [6.07, 6.45) is 1.80. The van der Waals surface area contributed by atoms with Gasteiger partial charge < -0.3 is 20.8 Å². The fourth-order valence-corrected chi connectivity index (χ4v) is 2.52. The second-order valence-corrected chi connectivity index (χ2v) is 4.80. The first-order chi connectivity index (χ1) is 7.63. The average molecular weight is 248 g/mol. The smallest absolute Gasteiger partial charge is 0.328 e. The van der Waals surface area contributed by atoms with Crippen molar-refractivity contribution in [1.82, 2.24) is 10.6 Å². The lowest BCUT2D eigenvalue weighted by Crippen LogP contribution is -2.51. The van der Waals surface area contributed by atoms with Crippen LogP contribution < -0.4 is 10.6 Å². The van der Waals surface area contributed by atoms with Gasteiger partial charge in [0.2, 0.25) is 0 Å². The molecule has 0 bridgehead atoms. The molecule has 1 rings (SSSR count). The van der Waals surface area contributed by atoms with Gasteiger partial charge in [-0.1, -0.05) is 0 Å². The highest BCUT2D eigenvalue weighted by Gasteiger charge is 2.21. The number of aliphatic hydroxyl groups is 1. The molecule has 0 unspecified atom stereocenters. The minimum Gasteiger partial charge on any atom is -0.480 e. The summed E-state index contributed by atoms with van der Waals surface area (Å²) in [5.41, 5.74) is 0. The number of hydrogen-bond donors (Lipinski definition) is 4. The minimum atomic E-state index is -1.24. The summed E-state index contributed by atoms with van der Waals surface area (Å²) in [6, 6.07) is -1.66. The Bertz CT molecular complexity index is 256. The van der Waals surface area contributed by atoms with Gasteiger partial charge in [0.1, 0.15) is 0 Å². The number of thioether (sulfide) groups is 1. The fraction of sp³-hybridized carbons (Fsp3) is 0.778. The van der Waals surface area contributed by atoms with Crippen LogP contribution in [-0.2, 0) is 4.79 Å². The monoisotopic (exact) mass is 248 g/mol. The van der Waals surface area contributed by atoms with Crippen LogP contribution >= 0.6 is 11.8 Å². The Morgan fingerprint density at radius 3 is 2.50 bits per heavy atom. The van der Waals surface area contributed by atoms with Crippen LogP contribution in [0.5, 0.6) is 0 Å². The van der Waals surface area contributed by atoms with E-state index < -0.39 is 24.6 Å². The van der Waals surface area contributed by atoms with Crippen LogP contribution in [0.4, 0.5) is 4.79 Å². The largest absolute Gasteiger partial charge is 0.480 e. The summed E-state index contributed by atoms with van der Waals surface area (Å²) < 4.78 is 0. The number of carbonyl (C=O) groups is 2. The van der Waals surface area contributed by atoms with E-state index in [2.05, 4.69) is 10.6 Å². The summed E-state index contributed by atoms with van der Waals surface area (Å²) in [4.78, 5) is 21.9. The van der Waals surface area contributed by atoms with Crippen LogP contribution in [0.1, 0.15) is 12.8 Å². The summed E-state index contributed by atoms with van der Waals surface area (Å²) in [5, 5.41) is 22.3. The minimum absolute atomic E-state index is 0.106. The SMILES string of the molecule is O=C(NC1CCSCC1)N[C@@H](CO)C(=O)O. The van der Waals surface area contributed by atoms with Crippen LogP contribution in [0.15, 0.2) is 0 Å². The summed E-state index contributed by atoms with van der Waals surface area (Å²) >= 11 is 1.84. The van der Waals surface area contributed by atoms with Crippen molar-refractivity contribution in [2.45, 2.75) is 24.9 Å². The van der Waals surface area contributed by atoms with Gasteiger partial charge in [0.15, 0.2) is 6.04 Å². The molecule has 1 fully saturated rings. The third-order valence-electron chi connectivity index (χ3n) is 2.34. The molecule has 0 aromatic rings. The van der Waals surface area contributed by atoms with E-state index in [1.54, 1.807) is 0 Å². The Labute approximate surface area is 97.8 Å². The van der Waals surface area contributed by atoms with Gasteiger partial charge >= 0.3 is 12.0 Å². The number of carboxylic acid groups (broad SMARTS) is 1. The molecule has 0 aromatic heterocycles. The molecule has 0 aromatic carbocycles. The quantitative estimate of drug-likeness (QED) is 0.544. The highest BCUT2D eigenvalue weighted by atomic mass is 32.2. The summed E-state index contributed by atoms with van der Waals surface area (Å²) in [7, 11) is 0. The van der Waals surface area contributed by atoms with Gasteiger partial charge in [-0.3, -0.25) is 0 Å². The van der Waals surface area contributed by atoms with Gasteiger partial charge in [0, 0.05) is 6.04 Å². The van der Waals surface area contributed by atoms with Crippen LogP contribution in [0.2, 0.25) is 0 Å². The number of nitrogens with one attached hydrogen (secondary N) is 2. The Hall–Kier alpha value is -0.950. The normalized spacial score (nSPS) is 18.8. The highest BCUT2D eigenvalue weighted by Crippen LogP contribution is 2.16. The predicted octanol–water partition coefficient (Wildman–Crippen LogP) is -0.373. The van der Waals surface area contributed by atoms with E-state index in [1.165, 1.54) is 0 Å². The van der Waals surface area contributed by atoms with Crippen molar-refractivity contribution >= 4 is 23.8 Å². The van der Waals surface area contributed by atoms with E-state index >= 15 is 0 Å². The molecule has 7 heteroatoms. The maximum absolute atomic E-state index is 11.4. The fourth-order valence-electron chi connectivity index (χ4n) is 1.41. The Morgan fingerprint density at radius 1 is 1.38 bits per heavy atom. The Kier molecular flexibility index (Phi) is 5.41. The molecule has 1 saturated heterocycles. The van der Waals surface area contributed by atoms with Crippen molar-refractivity contribution in [1.29, 1.82) is 0 Å². The maximum Gasteiger partial charge on any atom is 0.328 e. The van der Waals surface area contributed by atoms with E-state index in [0.717, 1.165) is 24.3 Å². The molecule has 6 nitrogen and oxygen atoms in total. The molecule has 1 aliphatic heterocycles. The van der Waals surface area contributed by atoms with Crippen molar-refractivity contribution in [2.24, 2.45) is 0 Å². The molecule has 0 saturated carbocycles. The number of hydrogen-bond acceptors (Lipinski definition) is 4. The zero-order valence-electron chi connectivity index (χ0n) is 8.81. The summed E-state index contributed by atoms with van der Waals surface area (Å²) in [5.74, 6) is 0.775. The van der Waals surface area contributed by atoms with Gasteiger partial charge in [-0.25, -0.2) is 9.59 Å². The number of rotatable bonds is 4. The molecule has 2 amide bonds. The molecule has 4 N–H and O–H groups in total. The van der Waals surface area contributed by atoms with Crippen LogP contribution in [-0.4, -0.2) is 52.4 Å². The number of amides is 2. The second-order valence-electron chi connectivity index (χ2n) is 3.58. The lowest BCUT2D eigenvalue weighted by Gasteiger charge is -2.23. The second kappa shape index (κ2) is 6.59. The molecule has 16 heavy (non-hydrogen) atoms. The first-order valence-corrected chi connectivity index (χ1v) is 6.27. The first kappa shape index (κ1) is 13.1. The lowest BCUT2D eigenvalue weighted by atomic mass is 10.1. The van der Waals surface area contributed by atoms with E-state index in [-0.39, 0.29) is 6.04 Å². The Balaban J connectivity index is 2.31. The predicted molar refractivity (Wildman–Crippen MR) is 60.5 cm³/mol. The standard InChI is InChI=1S/C9H16N2O4S/c12-5-7(8(13)14)11-9(15)10-6-1-3-16-4-2-6/h6-7,12H,1-5H2,(H,13,14)(H2,10,11,15)/t7-/m0/s1.